The second-order valence-corrected chi connectivity index (χ2v) is 7.03. The average Bonchev–Trinajstić information content (AvgIpc) is 2.98. The molecule has 0 aliphatic carbocycles. The average molecular weight is 378 g/mol. The van der Waals surface area contributed by atoms with Gasteiger partial charge >= 0.3 is 0 Å². The fraction of sp³-hybridized carbons (Fsp3) is 0.318. The van der Waals surface area contributed by atoms with Gasteiger partial charge in [-0.2, -0.15) is 0 Å². The van der Waals surface area contributed by atoms with Crippen LogP contribution in [0.4, 0.5) is 5.69 Å². The van der Waals surface area contributed by atoms with Crippen LogP contribution in [0, 0.1) is 0 Å². The molecule has 4 rings (SSSR count). The number of ether oxygens (including phenoxy) is 1. The van der Waals surface area contributed by atoms with Crippen molar-refractivity contribution in [2.24, 2.45) is 0 Å². The van der Waals surface area contributed by atoms with Gasteiger partial charge in [-0.1, -0.05) is 31.2 Å². The minimum absolute atomic E-state index is 0.0224. The van der Waals surface area contributed by atoms with Gasteiger partial charge in [0.1, 0.15) is 11.9 Å². The van der Waals surface area contributed by atoms with Crippen molar-refractivity contribution in [1.82, 2.24) is 4.90 Å². The first-order chi connectivity index (χ1) is 13.6. The van der Waals surface area contributed by atoms with Crippen molar-refractivity contribution in [3.63, 3.8) is 0 Å². The molecule has 0 aromatic heterocycles. The molecular formula is C22H22N2O4. The highest BCUT2D eigenvalue weighted by molar-refractivity contribution is 6.21. The van der Waals surface area contributed by atoms with Crippen molar-refractivity contribution in [3.05, 3.63) is 59.7 Å². The molecule has 6 nitrogen and oxygen atoms in total. The number of amides is 3. The van der Waals surface area contributed by atoms with E-state index in [-0.39, 0.29) is 36.8 Å². The number of carbonyl (C=O) groups is 3. The molecule has 2 aromatic carbocycles. The number of nitrogens with zero attached hydrogens (tertiary/aromatic N) is 2. The first-order valence-electron chi connectivity index (χ1n) is 9.61. The zero-order chi connectivity index (χ0) is 19.7. The SMILES string of the molecule is CCC1CN(C(=O)CCCN2C(=O)c3ccccc3C2=O)c2ccccc2O1. The molecule has 0 radical (unpaired) electrons. The van der Waals surface area contributed by atoms with E-state index in [1.807, 2.05) is 31.2 Å². The lowest BCUT2D eigenvalue weighted by Crippen LogP contribution is -2.43. The quantitative estimate of drug-likeness (QED) is 0.749. The Morgan fingerprint density at radius 2 is 1.68 bits per heavy atom. The number of rotatable bonds is 5. The fourth-order valence-electron chi connectivity index (χ4n) is 3.71. The van der Waals surface area contributed by atoms with Crippen molar-refractivity contribution >= 4 is 23.4 Å². The van der Waals surface area contributed by atoms with Crippen LogP contribution in [0.25, 0.3) is 0 Å². The van der Waals surface area contributed by atoms with Gasteiger partial charge in [-0.05, 0) is 37.1 Å². The molecule has 0 saturated carbocycles. The van der Waals surface area contributed by atoms with Gasteiger partial charge in [0.15, 0.2) is 0 Å². The van der Waals surface area contributed by atoms with E-state index in [1.54, 1.807) is 29.2 Å². The van der Waals surface area contributed by atoms with Gasteiger partial charge in [0, 0.05) is 13.0 Å². The van der Waals surface area contributed by atoms with E-state index in [0.717, 1.165) is 12.1 Å². The molecule has 3 amide bonds. The van der Waals surface area contributed by atoms with Crippen LogP contribution in [-0.4, -0.2) is 41.8 Å². The monoisotopic (exact) mass is 378 g/mol. The predicted molar refractivity (Wildman–Crippen MR) is 105 cm³/mol. The van der Waals surface area contributed by atoms with Gasteiger partial charge in [0.05, 0.1) is 23.4 Å². The number of anilines is 1. The molecule has 6 heteroatoms. The van der Waals surface area contributed by atoms with Crippen molar-refractivity contribution in [3.8, 4) is 5.75 Å². The summed E-state index contributed by atoms with van der Waals surface area (Å²) in [5.74, 6) is 0.131. The molecule has 1 atom stereocenters. The van der Waals surface area contributed by atoms with Crippen molar-refractivity contribution in [1.29, 1.82) is 0 Å². The van der Waals surface area contributed by atoms with Crippen molar-refractivity contribution in [2.45, 2.75) is 32.3 Å². The zero-order valence-electron chi connectivity index (χ0n) is 15.8. The molecule has 0 spiro atoms. The highest BCUT2D eigenvalue weighted by atomic mass is 16.5. The molecule has 1 unspecified atom stereocenters. The summed E-state index contributed by atoms with van der Waals surface area (Å²) in [5, 5.41) is 0. The van der Waals surface area contributed by atoms with E-state index >= 15 is 0 Å². The predicted octanol–water partition coefficient (Wildman–Crippen LogP) is 3.27. The largest absolute Gasteiger partial charge is 0.486 e. The minimum atomic E-state index is -0.282. The van der Waals surface area contributed by atoms with Crippen LogP contribution in [0.15, 0.2) is 48.5 Å². The van der Waals surface area contributed by atoms with Gasteiger partial charge in [0.25, 0.3) is 11.8 Å². The lowest BCUT2D eigenvalue weighted by molar-refractivity contribution is -0.119. The summed E-state index contributed by atoms with van der Waals surface area (Å²) in [7, 11) is 0. The van der Waals surface area contributed by atoms with Gasteiger partial charge in [-0.25, -0.2) is 0 Å². The maximum absolute atomic E-state index is 12.9. The Bertz CT molecular complexity index is 905. The molecular weight excluding hydrogens is 356 g/mol. The van der Waals surface area contributed by atoms with Crippen molar-refractivity contribution in [2.75, 3.05) is 18.0 Å². The maximum atomic E-state index is 12.9. The Labute approximate surface area is 163 Å². The van der Waals surface area contributed by atoms with Crippen molar-refractivity contribution < 1.29 is 19.1 Å². The molecule has 0 bridgehead atoms. The minimum Gasteiger partial charge on any atom is -0.486 e. The summed E-state index contributed by atoms with van der Waals surface area (Å²) in [6.07, 6.45) is 1.47. The zero-order valence-corrected chi connectivity index (χ0v) is 15.8. The lowest BCUT2D eigenvalue weighted by atomic mass is 10.1. The summed E-state index contributed by atoms with van der Waals surface area (Å²) in [6.45, 7) is 2.78. The standard InChI is InChI=1S/C22H22N2O4/c1-2-15-14-24(18-10-5-6-11-19(18)28-15)20(25)12-7-13-23-21(26)16-8-3-4-9-17(16)22(23)27/h3-6,8-11,15H,2,7,12-14H2,1H3. The molecule has 2 heterocycles. The molecule has 0 saturated heterocycles. The summed E-state index contributed by atoms with van der Waals surface area (Å²) < 4.78 is 5.92. The number of benzene rings is 2. The van der Waals surface area contributed by atoms with E-state index in [1.165, 1.54) is 4.90 Å². The Balaban J connectivity index is 1.40. The highest BCUT2D eigenvalue weighted by Gasteiger charge is 2.35. The Morgan fingerprint density at radius 3 is 2.36 bits per heavy atom. The number of carbonyl (C=O) groups excluding carboxylic acids is 3. The first-order valence-corrected chi connectivity index (χ1v) is 9.61. The molecule has 144 valence electrons. The van der Waals surface area contributed by atoms with Gasteiger partial charge in [-0.3, -0.25) is 19.3 Å². The van der Waals surface area contributed by atoms with Gasteiger partial charge in [-0.15, -0.1) is 0 Å². The Morgan fingerprint density at radius 1 is 1.04 bits per heavy atom. The molecule has 2 aliphatic rings. The van der Waals surface area contributed by atoms with E-state index < -0.39 is 0 Å². The Hall–Kier alpha value is -3.15. The normalized spacial score (nSPS) is 18.0. The lowest BCUT2D eigenvalue weighted by Gasteiger charge is -2.34. The summed E-state index contributed by atoms with van der Waals surface area (Å²) in [5.41, 5.74) is 1.65. The molecule has 28 heavy (non-hydrogen) atoms. The second-order valence-electron chi connectivity index (χ2n) is 7.03. The number of imide groups is 1. The second kappa shape index (κ2) is 7.46. The molecule has 2 aliphatic heterocycles. The highest BCUT2D eigenvalue weighted by Crippen LogP contribution is 2.34. The fourth-order valence-corrected chi connectivity index (χ4v) is 3.71. The van der Waals surface area contributed by atoms with Crippen LogP contribution in [0.3, 0.4) is 0 Å². The first kappa shape index (κ1) is 18.2. The summed E-state index contributed by atoms with van der Waals surface area (Å²) in [4.78, 5) is 40.7. The third kappa shape index (κ3) is 3.15. The van der Waals surface area contributed by atoms with E-state index in [0.29, 0.717) is 29.8 Å². The third-order valence-electron chi connectivity index (χ3n) is 5.24. The number of hydrogen-bond acceptors (Lipinski definition) is 4. The number of fused-ring (bicyclic) bond motifs is 2. The smallest absolute Gasteiger partial charge is 0.261 e. The van der Waals surface area contributed by atoms with Crippen LogP contribution < -0.4 is 9.64 Å². The third-order valence-corrected chi connectivity index (χ3v) is 5.24. The maximum Gasteiger partial charge on any atom is 0.261 e. The van der Waals surface area contributed by atoms with Crippen LogP contribution in [0.1, 0.15) is 46.9 Å². The van der Waals surface area contributed by atoms with Crippen LogP contribution in [0.2, 0.25) is 0 Å². The Kier molecular flexibility index (Phi) is 4.86. The van der Waals surface area contributed by atoms with Crippen LogP contribution in [0.5, 0.6) is 5.75 Å². The number of para-hydroxylation sites is 2. The van der Waals surface area contributed by atoms with Gasteiger partial charge in [0.2, 0.25) is 5.91 Å². The topological polar surface area (TPSA) is 66.9 Å². The van der Waals surface area contributed by atoms with Crippen LogP contribution in [-0.2, 0) is 4.79 Å². The van der Waals surface area contributed by atoms with E-state index in [2.05, 4.69) is 0 Å². The molecule has 0 N–H and O–H groups in total. The van der Waals surface area contributed by atoms with Crippen LogP contribution >= 0.6 is 0 Å². The molecule has 0 fully saturated rings. The molecule has 2 aromatic rings. The summed E-state index contributed by atoms with van der Waals surface area (Å²) >= 11 is 0. The van der Waals surface area contributed by atoms with E-state index in [4.69, 9.17) is 4.74 Å². The number of hydrogen-bond donors (Lipinski definition) is 0. The van der Waals surface area contributed by atoms with E-state index in [9.17, 15) is 14.4 Å². The van der Waals surface area contributed by atoms with Gasteiger partial charge < -0.3 is 9.64 Å². The summed E-state index contributed by atoms with van der Waals surface area (Å²) in [6, 6.07) is 14.3.